The van der Waals surface area contributed by atoms with Crippen molar-refractivity contribution in [3.05, 3.63) is 53.5 Å². The minimum absolute atomic E-state index is 0.766. The van der Waals surface area contributed by atoms with Gasteiger partial charge in [-0.3, -0.25) is 4.98 Å². The first-order chi connectivity index (χ1) is 8.69. The summed E-state index contributed by atoms with van der Waals surface area (Å²) in [7, 11) is 2.03. The Bertz CT molecular complexity index is 511. The van der Waals surface area contributed by atoms with Crippen molar-refractivity contribution < 1.29 is 0 Å². The summed E-state index contributed by atoms with van der Waals surface area (Å²) in [5.74, 6) is 0.961. The molecule has 2 aromatic heterocycles. The van der Waals surface area contributed by atoms with E-state index in [1.165, 1.54) is 5.56 Å². The van der Waals surface area contributed by atoms with Gasteiger partial charge in [-0.25, -0.2) is 4.98 Å². The molecule has 0 atom stereocenters. The first-order valence-electron chi connectivity index (χ1n) is 5.83. The van der Waals surface area contributed by atoms with E-state index in [9.17, 15) is 0 Å². The van der Waals surface area contributed by atoms with Gasteiger partial charge >= 0.3 is 0 Å². The van der Waals surface area contributed by atoms with Crippen molar-refractivity contribution in [1.29, 1.82) is 0 Å². The Morgan fingerprint density at radius 2 is 2.06 bits per heavy atom. The summed E-state index contributed by atoms with van der Waals surface area (Å²) in [6, 6.07) is 10.2. The minimum atomic E-state index is 0.766. The van der Waals surface area contributed by atoms with Crippen LogP contribution in [0, 0.1) is 6.92 Å². The Balaban J connectivity index is 2.09. The zero-order chi connectivity index (χ0) is 13.0. The monoisotopic (exact) mass is 305 g/mol. The molecule has 2 heterocycles. The number of hydrogen-bond acceptors (Lipinski definition) is 3. The highest BCUT2D eigenvalue weighted by atomic mass is 79.9. The van der Waals surface area contributed by atoms with Crippen LogP contribution in [0.3, 0.4) is 0 Å². The molecule has 0 bridgehead atoms. The topological polar surface area (TPSA) is 29.0 Å². The summed E-state index contributed by atoms with van der Waals surface area (Å²) in [6.45, 7) is 2.77. The lowest BCUT2D eigenvalue weighted by Crippen LogP contribution is -2.18. The SMILES string of the molecule is Cc1cccc(CN(C)c2ccc(CBr)cn2)n1. The summed E-state index contributed by atoms with van der Waals surface area (Å²) in [5.41, 5.74) is 3.29. The smallest absolute Gasteiger partial charge is 0.128 e. The number of rotatable bonds is 4. The van der Waals surface area contributed by atoms with E-state index in [4.69, 9.17) is 0 Å². The molecule has 0 unspecified atom stereocenters. The van der Waals surface area contributed by atoms with Crippen LogP contribution in [-0.4, -0.2) is 17.0 Å². The van der Waals surface area contributed by atoms with Gasteiger partial charge in [0.1, 0.15) is 5.82 Å². The van der Waals surface area contributed by atoms with Crippen molar-refractivity contribution in [1.82, 2.24) is 9.97 Å². The normalized spacial score (nSPS) is 10.4. The summed E-state index contributed by atoms with van der Waals surface area (Å²) >= 11 is 3.42. The third-order valence-corrected chi connectivity index (χ3v) is 3.35. The summed E-state index contributed by atoms with van der Waals surface area (Å²) in [4.78, 5) is 11.0. The van der Waals surface area contributed by atoms with Gasteiger partial charge in [-0.15, -0.1) is 0 Å². The van der Waals surface area contributed by atoms with Crippen molar-refractivity contribution in [3.63, 3.8) is 0 Å². The maximum Gasteiger partial charge on any atom is 0.128 e. The van der Waals surface area contributed by atoms with E-state index in [1.54, 1.807) is 0 Å². The van der Waals surface area contributed by atoms with Gasteiger partial charge in [0.05, 0.1) is 12.2 Å². The maximum absolute atomic E-state index is 4.50. The Kier molecular flexibility index (Phi) is 4.31. The molecule has 0 radical (unpaired) electrons. The molecule has 0 saturated carbocycles. The van der Waals surface area contributed by atoms with Gasteiger partial charge in [0.25, 0.3) is 0 Å². The molecular formula is C14H16BrN3. The number of anilines is 1. The second kappa shape index (κ2) is 5.96. The molecule has 0 aliphatic rings. The molecule has 18 heavy (non-hydrogen) atoms. The molecular weight excluding hydrogens is 290 g/mol. The third-order valence-electron chi connectivity index (χ3n) is 2.70. The van der Waals surface area contributed by atoms with E-state index in [0.717, 1.165) is 29.1 Å². The third kappa shape index (κ3) is 3.29. The summed E-state index contributed by atoms with van der Waals surface area (Å²) < 4.78 is 0. The first kappa shape index (κ1) is 13.0. The minimum Gasteiger partial charge on any atom is -0.354 e. The number of alkyl halides is 1. The molecule has 0 spiro atoms. The van der Waals surface area contributed by atoms with E-state index in [-0.39, 0.29) is 0 Å². The lowest BCUT2D eigenvalue weighted by atomic mass is 10.3. The highest BCUT2D eigenvalue weighted by molar-refractivity contribution is 9.08. The second-order valence-corrected chi connectivity index (χ2v) is 4.85. The maximum atomic E-state index is 4.50. The first-order valence-corrected chi connectivity index (χ1v) is 6.96. The number of aromatic nitrogens is 2. The van der Waals surface area contributed by atoms with Gasteiger partial charge in [0, 0.05) is 24.3 Å². The molecule has 2 rings (SSSR count). The van der Waals surface area contributed by atoms with Crippen LogP contribution in [0.25, 0.3) is 0 Å². The zero-order valence-corrected chi connectivity index (χ0v) is 12.2. The van der Waals surface area contributed by atoms with Gasteiger partial charge in [-0.2, -0.15) is 0 Å². The zero-order valence-electron chi connectivity index (χ0n) is 10.6. The fourth-order valence-corrected chi connectivity index (χ4v) is 2.06. The van der Waals surface area contributed by atoms with Crippen molar-refractivity contribution in [2.24, 2.45) is 0 Å². The molecule has 0 N–H and O–H groups in total. The molecule has 0 fully saturated rings. The van der Waals surface area contributed by atoms with Gasteiger partial charge in [-0.05, 0) is 30.7 Å². The molecule has 0 aromatic carbocycles. The molecule has 0 aliphatic heterocycles. The van der Waals surface area contributed by atoms with E-state index in [1.807, 2.05) is 44.4 Å². The van der Waals surface area contributed by atoms with Crippen molar-refractivity contribution in [2.75, 3.05) is 11.9 Å². The van der Waals surface area contributed by atoms with Gasteiger partial charge in [0.15, 0.2) is 0 Å². The van der Waals surface area contributed by atoms with Gasteiger partial charge in [0.2, 0.25) is 0 Å². The lowest BCUT2D eigenvalue weighted by molar-refractivity contribution is 0.858. The van der Waals surface area contributed by atoms with E-state index < -0.39 is 0 Å². The molecule has 0 amide bonds. The quantitative estimate of drug-likeness (QED) is 0.812. The van der Waals surface area contributed by atoms with Crippen molar-refractivity contribution in [2.45, 2.75) is 18.8 Å². The number of hydrogen-bond donors (Lipinski definition) is 0. The van der Waals surface area contributed by atoms with Crippen LogP contribution in [0.2, 0.25) is 0 Å². The largest absolute Gasteiger partial charge is 0.354 e. The Labute approximate surface area is 116 Å². The molecule has 3 nitrogen and oxygen atoms in total. The standard InChI is InChI=1S/C14H16BrN3/c1-11-4-3-5-13(17-11)10-18(2)14-7-6-12(8-15)9-16-14/h3-7,9H,8,10H2,1-2H3. The van der Waals surface area contributed by atoms with Crippen molar-refractivity contribution >= 4 is 21.7 Å². The van der Waals surface area contributed by atoms with Gasteiger partial charge < -0.3 is 4.90 Å². The second-order valence-electron chi connectivity index (χ2n) is 4.28. The molecule has 0 aliphatic carbocycles. The Hall–Kier alpha value is -1.42. The Morgan fingerprint density at radius 3 is 2.67 bits per heavy atom. The molecule has 0 saturated heterocycles. The van der Waals surface area contributed by atoms with Crippen LogP contribution in [0.4, 0.5) is 5.82 Å². The lowest BCUT2D eigenvalue weighted by Gasteiger charge is -2.18. The van der Waals surface area contributed by atoms with E-state index >= 15 is 0 Å². The fourth-order valence-electron chi connectivity index (χ4n) is 1.73. The van der Waals surface area contributed by atoms with Gasteiger partial charge in [-0.1, -0.05) is 28.1 Å². The average Bonchev–Trinajstić information content (AvgIpc) is 2.39. The average molecular weight is 306 g/mol. The number of aryl methyl sites for hydroxylation is 1. The van der Waals surface area contributed by atoms with E-state index in [0.29, 0.717) is 0 Å². The number of pyridine rings is 2. The van der Waals surface area contributed by atoms with Crippen molar-refractivity contribution in [3.8, 4) is 0 Å². The molecule has 4 heteroatoms. The van der Waals surface area contributed by atoms with Crippen LogP contribution in [-0.2, 0) is 11.9 Å². The van der Waals surface area contributed by atoms with Crippen LogP contribution in [0.1, 0.15) is 17.0 Å². The van der Waals surface area contributed by atoms with Crippen LogP contribution in [0.5, 0.6) is 0 Å². The van der Waals surface area contributed by atoms with Crippen LogP contribution >= 0.6 is 15.9 Å². The summed E-state index contributed by atoms with van der Waals surface area (Å²) in [6.07, 6.45) is 1.89. The van der Waals surface area contributed by atoms with E-state index in [2.05, 4.69) is 36.9 Å². The van der Waals surface area contributed by atoms with Crippen LogP contribution in [0.15, 0.2) is 36.5 Å². The fraction of sp³-hybridized carbons (Fsp3) is 0.286. The predicted octanol–water partition coefficient (Wildman–Crippen LogP) is 3.32. The molecule has 2 aromatic rings. The van der Waals surface area contributed by atoms with Crippen LogP contribution < -0.4 is 4.90 Å². The highest BCUT2D eigenvalue weighted by Crippen LogP contribution is 2.13. The number of halogens is 1. The predicted molar refractivity (Wildman–Crippen MR) is 77.9 cm³/mol. The number of nitrogens with zero attached hydrogens (tertiary/aromatic N) is 3. The molecule has 94 valence electrons. The Morgan fingerprint density at radius 1 is 1.22 bits per heavy atom. The summed E-state index contributed by atoms with van der Waals surface area (Å²) in [5, 5.41) is 0.837. The highest BCUT2D eigenvalue weighted by Gasteiger charge is 2.04.